The highest BCUT2D eigenvalue weighted by atomic mass is 14.9. The van der Waals surface area contributed by atoms with E-state index in [1.165, 1.54) is 24.8 Å². The zero-order valence-electron chi connectivity index (χ0n) is 12.0. The SMILES string of the molecule is C=C(CCCC)NC(C)c1ccc(CCC)cn1. The van der Waals surface area contributed by atoms with Crippen LogP contribution in [0.15, 0.2) is 30.6 Å². The van der Waals surface area contributed by atoms with E-state index in [1.54, 1.807) is 0 Å². The maximum Gasteiger partial charge on any atom is 0.0653 e. The van der Waals surface area contributed by atoms with Crippen molar-refractivity contribution in [2.24, 2.45) is 0 Å². The van der Waals surface area contributed by atoms with Crippen LogP contribution in [0.5, 0.6) is 0 Å². The highest BCUT2D eigenvalue weighted by Gasteiger charge is 2.07. The third-order valence-electron chi connectivity index (χ3n) is 3.08. The molecule has 2 nitrogen and oxygen atoms in total. The highest BCUT2D eigenvalue weighted by molar-refractivity contribution is 5.17. The number of nitrogens with one attached hydrogen (secondary N) is 1. The number of nitrogens with zero attached hydrogens (tertiary/aromatic N) is 1. The van der Waals surface area contributed by atoms with Crippen LogP contribution in [0.25, 0.3) is 0 Å². The number of hydrogen-bond acceptors (Lipinski definition) is 2. The Balaban J connectivity index is 2.50. The van der Waals surface area contributed by atoms with Crippen LogP contribution >= 0.6 is 0 Å². The summed E-state index contributed by atoms with van der Waals surface area (Å²) in [5.74, 6) is 0. The van der Waals surface area contributed by atoms with Gasteiger partial charge in [0.25, 0.3) is 0 Å². The highest BCUT2D eigenvalue weighted by Crippen LogP contribution is 2.14. The molecule has 0 amide bonds. The second kappa shape index (κ2) is 7.91. The molecule has 0 fully saturated rings. The van der Waals surface area contributed by atoms with Crippen molar-refractivity contribution in [3.05, 3.63) is 41.9 Å². The standard InChI is InChI=1S/C16H26N2/c1-5-7-9-13(3)18-14(4)16-11-10-15(8-6-2)12-17-16/h10-12,14,18H,3,5-9H2,1-2,4H3. The van der Waals surface area contributed by atoms with Crippen LogP contribution in [0.4, 0.5) is 0 Å². The Morgan fingerprint density at radius 2 is 2.11 bits per heavy atom. The monoisotopic (exact) mass is 246 g/mol. The molecule has 1 heterocycles. The van der Waals surface area contributed by atoms with Gasteiger partial charge in [-0.1, -0.05) is 39.3 Å². The third-order valence-corrected chi connectivity index (χ3v) is 3.08. The Kier molecular flexibility index (Phi) is 6.48. The van der Waals surface area contributed by atoms with Gasteiger partial charge in [-0.3, -0.25) is 4.98 Å². The predicted molar refractivity (Wildman–Crippen MR) is 78.4 cm³/mol. The second-order valence-electron chi connectivity index (χ2n) is 4.91. The van der Waals surface area contributed by atoms with Crippen molar-refractivity contribution >= 4 is 0 Å². The molecular weight excluding hydrogens is 220 g/mol. The summed E-state index contributed by atoms with van der Waals surface area (Å²) in [5, 5.41) is 3.43. The lowest BCUT2D eigenvalue weighted by Gasteiger charge is -2.17. The van der Waals surface area contributed by atoms with Crippen molar-refractivity contribution < 1.29 is 0 Å². The first kappa shape index (κ1) is 14.7. The van der Waals surface area contributed by atoms with Crippen molar-refractivity contribution in [3.63, 3.8) is 0 Å². The maximum atomic E-state index is 4.53. The molecule has 100 valence electrons. The number of hydrogen-bond donors (Lipinski definition) is 1. The number of pyridine rings is 1. The first-order valence-corrected chi connectivity index (χ1v) is 7.06. The van der Waals surface area contributed by atoms with Crippen molar-refractivity contribution in [3.8, 4) is 0 Å². The zero-order chi connectivity index (χ0) is 13.4. The average Bonchev–Trinajstić information content (AvgIpc) is 2.37. The minimum absolute atomic E-state index is 0.241. The Morgan fingerprint density at radius 1 is 1.33 bits per heavy atom. The van der Waals surface area contributed by atoms with Crippen molar-refractivity contribution in [2.75, 3.05) is 0 Å². The average molecular weight is 246 g/mol. The van der Waals surface area contributed by atoms with E-state index in [9.17, 15) is 0 Å². The van der Waals surface area contributed by atoms with Gasteiger partial charge in [-0.2, -0.15) is 0 Å². The lowest BCUT2D eigenvalue weighted by molar-refractivity contribution is 0.601. The van der Waals surface area contributed by atoms with Crippen LogP contribution in [0.2, 0.25) is 0 Å². The van der Waals surface area contributed by atoms with E-state index in [4.69, 9.17) is 0 Å². The van der Waals surface area contributed by atoms with Gasteiger partial charge >= 0.3 is 0 Å². The maximum absolute atomic E-state index is 4.53. The van der Waals surface area contributed by atoms with Gasteiger partial charge in [0.05, 0.1) is 11.7 Å². The van der Waals surface area contributed by atoms with Crippen LogP contribution < -0.4 is 5.32 Å². The van der Waals surface area contributed by atoms with Crippen molar-refractivity contribution in [1.82, 2.24) is 10.3 Å². The van der Waals surface area contributed by atoms with Gasteiger partial charge in [0.15, 0.2) is 0 Å². The van der Waals surface area contributed by atoms with Crippen LogP contribution in [0.3, 0.4) is 0 Å². The van der Waals surface area contributed by atoms with E-state index in [1.807, 2.05) is 6.20 Å². The van der Waals surface area contributed by atoms with E-state index in [-0.39, 0.29) is 6.04 Å². The number of rotatable bonds is 8. The molecular formula is C16H26N2. The summed E-state index contributed by atoms with van der Waals surface area (Å²) in [6.07, 6.45) is 7.72. The summed E-state index contributed by atoms with van der Waals surface area (Å²) >= 11 is 0. The molecule has 0 aliphatic rings. The molecule has 1 aromatic heterocycles. The lowest BCUT2D eigenvalue weighted by Crippen LogP contribution is -2.18. The smallest absolute Gasteiger partial charge is 0.0653 e. The zero-order valence-corrected chi connectivity index (χ0v) is 12.0. The van der Waals surface area contributed by atoms with Crippen molar-refractivity contribution in [2.45, 2.75) is 58.9 Å². The van der Waals surface area contributed by atoms with E-state index < -0.39 is 0 Å². The fourth-order valence-corrected chi connectivity index (χ4v) is 1.97. The first-order valence-electron chi connectivity index (χ1n) is 7.06. The van der Waals surface area contributed by atoms with Gasteiger partial charge in [0.1, 0.15) is 0 Å². The minimum atomic E-state index is 0.241. The second-order valence-corrected chi connectivity index (χ2v) is 4.91. The summed E-state index contributed by atoms with van der Waals surface area (Å²) in [7, 11) is 0. The molecule has 0 radical (unpaired) electrons. The number of unbranched alkanes of at least 4 members (excludes halogenated alkanes) is 1. The molecule has 0 aliphatic carbocycles. The largest absolute Gasteiger partial charge is 0.381 e. The Bertz CT molecular complexity index is 354. The molecule has 0 bridgehead atoms. The molecule has 1 unspecified atom stereocenters. The van der Waals surface area contributed by atoms with Crippen molar-refractivity contribution in [1.29, 1.82) is 0 Å². The van der Waals surface area contributed by atoms with Gasteiger partial charge in [-0.05, 0) is 37.8 Å². The molecule has 0 saturated heterocycles. The molecule has 1 aromatic rings. The summed E-state index contributed by atoms with van der Waals surface area (Å²) in [4.78, 5) is 4.53. The van der Waals surface area contributed by atoms with Gasteiger partial charge in [-0.15, -0.1) is 0 Å². The predicted octanol–water partition coefficient (Wildman–Crippen LogP) is 4.39. The van der Waals surface area contributed by atoms with E-state index in [2.05, 4.69) is 49.8 Å². The minimum Gasteiger partial charge on any atom is -0.381 e. The van der Waals surface area contributed by atoms with E-state index >= 15 is 0 Å². The van der Waals surface area contributed by atoms with Gasteiger partial charge in [0, 0.05) is 11.9 Å². The van der Waals surface area contributed by atoms with Crippen LogP contribution in [0, 0.1) is 0 Å². The molecule has 1 atom stereocenters. The van der Waals surface area contributed by atoms with E-state index in [0.717, 1.165) is 24.2 Å². The van der Waals surface area contributed by atoms with Gasteiger partial charge in [0.2, 0.25) is 0 Å². The van der Waals surface area contributed by atoms with Crippen LogP contribution in [-0.2, 0) is 6.42 Å². The van der Waals surface area contributed by atoms with E-state index in [0.29, 0.717) is 0 Å². The Labute approximate surface area is 112 Å². The Morgan fingerprint density at radius 3 is 2.67 bits per heavy atom. The van der Waals surface area contributed by atoms with Crippen LogP contribution in [-0.4, -0.2) is 4.98 Å². The molecule has 1 rings (SSSR count). The van der Waals surface area contributed by atoms with Gasteiger partial charge in [-0.25, -0.2) is 0 Å². The number of allylic oxidation sites excluding steroid dienone is 1. The molecule has 1 N–H and O–H groups in total. The molecule has 0 saturated carbocycles. The third kappa shape index (κ3) is 4.91. The fourth-order valence-electron chi connectivity index (χ4n) is 1.97. The summed E-state index contributed by atoms with van der Waals surface area (Å²) in [6, 6.07) is 4.54. The van der Waals surface area contributed by atoms with Crippen LogP contribution in [0.1, 0.15) is 63.8 Å². The quantitative estimate of drug-likeness (QED) is 0.736. The summed E-state index contributed by atoms with van der Waals surface area (Å²) < 4.78 is 0. The molecule has 0 spiro atoms. The topological polar surface area (TPSA) is 24.9 Å². The molecule has 0 aliphatic heterocycles. The lowest BCUT2D eigenvalue weighted by atomic mass is 10.1. The Hall–Kier alpha value is -1.31. The molecule has 2 heteroatoms. The number of aryl methyl sites for hydroxylation is 1. The fraction of sp³-hybridized carbons (Fsp3) is 0.562. The molecule has 18 heavy (non-hydrogen) atoms. The summed E-state index contributed by atoms with van der Waals surface area (Å²) in [5.41, 5.74) is 3.52. The molecule has 0 aromatic carbocycles. The summed E-state index contributed by atoms with van der Waals surface area (Å²) in [6.45, 7) is 10.6. The van der Waals surface area contributed by atoms with Gasteiger partial charge < -0.3 is 5.32 Å². The normalized spacial score (nSPS) is 12.2. The number of aromatic nitrogens is 1. The first-order chi connectivity index (χ1) is 8.67.